The van der Waals surface area contributed by atoms with Crippen molar-refractivity contribution in [1.29, 1.82) is 0 Å². The lowest BCUT2D eigenvalue weighted by Crippen LogP contribution is -2.07. The molecule has 0 spiro atoms. The lowest BCUT2D eigenvalue weighted by atomic mass is 10.1. The van der Waals surface area contributed by atoms with Gasteiger partial charge in [0.2, 0.25) is 0 Å². The van der Waals surface area contributed by atoms with Crippen molar-refractivity contribution in [3.63, 3.8) is 0 Å². The van der Waals surface area contributed by atoms with E-state index in [2.05, 4.69) is 36.6 Å². The summed E-state index contributed by atoms with van der Waals surface area (Å²) >= 11 is 0. The van der Waals surface area contributed by atoms with Crippen molar-refractivity contribution >= 4 is 0 Å². The molecule has 16 heavy (non-hydrogen) atoms. The van der Waals surface area contributed by atoms with Gasteiger partial charge in [0.1, 0.15) is 12.4 Å². The third-order valence-electron chi connectivity index (χ3n) is 2.62. The highest BCUT2D eigenvalue weighted by Gasteiger charge is 1.99. The molecule has 84 valence electrons. The summed E-state index contributed by atoms with van der Waals surface area (Å²) < 4.78 is 7.89. The molecule has 0 amide bonds. The van der Waals surface area contributed by atoms with Gasteiger partial charge >= 0.3 is 0 Å². The van der Waals surface area contributed by atoms with E-state index in [9.17, 15) is 0 Å². The molecule has 0 atom stereocenters. The number of aryl methyl sites for hydroxylation is 2. The predicted octanol–water partition coefficient (Wildman–Crippen LogP) is 3.18. The van der Waals surface area contributed by atoms with Crippen LogP contribution in [0.15, 0.2) is 42.7 Å². The lowest BCUT2D eigenvalue weighted by Gasteiger charge is -2.10. The SMILES string of the molecule is Cc1ccc(C)c(OCCn2cccc2)c1. The first-order valence-corrected chi connectivity index (χ1v) is 5.56. The first-order chi connectivity index (χ1) is 7.75. The fourth-order valence-corrected chi connectivity index (χ4v) is 1.64. The number of hydrogen-bond acceptors (Lipinski definition) is 1. The van der Waals surface area contributed by atoms with E-state index in [0.29, 0.717) is 6.61 Å². The van der Waals surface area contributed by atoms with Gasteiger partial charge in [-0.25, -0.2) is 0 Å². The quantitative estimate of drug-likeness (QED) is 0.764. The van der Waals surface area contributed by atoms with E-state index in [-0.39, 0.29) is 0 Å². The smallest absolute Gasteiger partial charge is 0.122 e. The van der Waals surface area contributed by atoms with Gasteiger partial charge in [0, 0.05) is 12.4 Å². The summed E-state index contributed by atoms with van der Waals surface area (Å²) in [4.78, 5) is 0. The van der Waals surface area contributed by atoms with E-state index in [1.54, 1.807) is 0 Å². The molecule has 1 heterocycles. The zero-order valence-electron chi connectivity index (χ0n) is 9.81. The molecule has 2 heteroatoms. The Balaban J connectivity index is 1.92. The van der Waals surface area contributed by atoms with E-state index >= 15 is 0 Å². The van der Waals surface area contributed by atoms with Crippen molar-refractivity contribution in [3.8, 4) is 5.75 Å². The van der Waals surface area contributed by atoms with Gasteiger partial charge < -0.3 is 9.30 Å². The highest BCUT2D eigenvalue weighted by molar-refractivity contribution is 5.35. The number of aromatic nitrogens is 1. The van der Waals surface area contributed by atoms with Crippen LogP contribution in [0.5, 0.6) is 5.75 Å². The monoisotopic (exact) mass is 215 g/mol. The molecule has 0 aliphatic carbocycles. The van der Waals surface area contributed by atoms with Crippen LogP contribution in [0.25, 0.3) is 0 Å². The van der Waals surface area contributed by atoms with Crippen LogP contribution in [-0.4, -0.2) is 11.2 Å². The highest BCUT2D eigenvalue weighted by atomic mass is 16.5. The Hall–Kier alpha value is -1.70. The van der Waals surface area contributed by atoms with Crippen LogP contribution in [-0.2, 0) is 6.54 Å². The van der Waals surface area contributed by atoms with Gasteiger partial charge in [-0.05, 0) is 43.2 Å². The minimum atomic E-state index is 0.707. The largest absolute Gasteiger partial charge is 0.491 e. The van der Waals surface area contributed by atoms with E-state index < -0.39 is 0 Å². The van der Waals surface area contributed by atoms with Gasteiger partial charge in [0.05, 0.1) is 6.54 Å². The van der Waals surface area contributed by atoms with E-state index in [0.717, 1.165) is 12.3 Å². The highest BCUT2D eigenvalue weighted by Crippen LogP contribution is 2.18. The summed E-state index contributed by atoms with van der Waals surface area (Å²) in [5, 5.41) is 0. The van der Waals surface area contributed by atoms with Gasteiger partial charge in [0.15, 0.2) is 0 Å². The normalized spacial score (nSPS) is 10.4. The van der Waals surface area contributed by atoms with Crippen LogP contribution in [0.2, 0.25) is 0 Å². The van der Waals surface area contributed by atoms with Gasteiger partial charge in [-0.1, -0.05) is 12.1 Å². The summed E-state index contributed by atoms with van der Waals surface area (Å²) in [6, 6.07) is 10.3. The standard InChI is InChI=1S/C14H17NO/c1-12-5-6-13(2)14(11-12)16-10-9-15-7-3-4-8-15/h3-8,11H,9-10H2,1-2H3. The van der Waals surface area contributed by atoms with Crippen LogP contribution in [0, 0.1) is 13.8 Å². The molecular weight excluding hydrogens is 198 g/mol. The van der Waals surface area contributed by atoms with E-state index in [1.807, 2.05) is 24.5 Å². The Bertz CT molecular complexity index is 446. The van der Waals surface area contributed by atoms with E-state index in [1.165, 1.54) is 11.1 Å². The van der Waals surface area contributed by atoms with Crippen molar-refractivity contribution in [2.75, 3.05) is 6.61 Å². The van der Waals surface area contributed by atoms with Crippen molar-refractivity contribution < 1.29 is 4.74 Å². The molecule has 0 unspecified atom stereocenters. The number of nitrogens with zero attached hydrogens (tertiary/aromatic N) is 1. The van der Waals surface area contributed by atoms with Crippen molar-refractivity contribution in [3.05, 3.63) is 53.9 Å². The molecule has 0 saturated carbocycles. The summed E-state index contributed by atoms with van der Waals surface area (Å²) in [7, 11) is 0. The second-order valence-corrected chi connectivity index (χ2v) is 4.04. The fourth-order valence-electron chi connectivity index (χ4n) is 1.64. The van der Waals surface area contributed by atoms with Crippen LogP contribution in [0.4, 0.5) is 0 Å². The molecule has 2 aromatic rings. The first kappa shape index (κ1) is 10.8. The summed E-state index contributed by atoms with van der Waals surface area (Å²) in [6.07, 6.45) is 4.10. The number of ether oxygens (including phenoxy) is 1. The molecule has 0 saturated heterocycles. The number of benzene rings is 1. The van der Waals surface area contributed by atoms with Gasteiger partial charge in [0.25, 0.3) is 0 Å². The maximum absolute atomic E-state index is 5.77. The summed E-state index contributed by atoms with van der Waals surface area (Å²) in [5.74, 6) is 0.993. The lowest BCUT2D eigenvalue weighted by molar-refractivity contribution is 0.296. The topological polar surface area (TPSA) is 14.2 Å². The molecule has 2 nitrogen and oxygen atoms in total. The second-order valence-electron chi connectivity index (χ2n) is 4.04. The zero-order valence-corrected chi connectivity index (χ0v) is 9.81. The van der Waals surface area contributed by atoms with Gasteiger partial charge in [-0.2, -0.15) is 0 Å². The Kier molecular flexibility index (Phi) is 3.30. The first-order valence-electron chi connectivity index (χ1n) is 5.56. The average molecular weight is 215 g/mol. The number of rotatable bonds is 4. The third-order valence-corrected chi connectivity index (χ3v) is 2.62. The van der Waals surface area contributed by atoms with E-state index in [4.69, 9.17) is 4.74 Å². The molecule has 1 aromatic carbocycles. The Morgan fingerprint density at radius 2 is 1.88 bits per heavy atom. The Labute approximate surface area is 96.5 Å². The molecule has 2 rings (SSSR count). The fraction of sp³-hybridized carbons (Fsp3) is 0.286. The number of hydrogen-bond donors (Lipinski definition) is 0. The molecule has 0 radical (unpaired) electrons. The molecule has 0 fully saturated rings. The summed E-state index contributed by atoms with van der Waals surface area (Å²) in [5.41, 5.74) is 2.43. The summed E-state index contributed by atoms with van der Waals surface area (Å²) in [6.45, 7) is 5.75. The zero-order chi connectivity index (χ0) is 11.4. The average Bonchev–Trinajstić information content (AvgIpc) is 2.76. The molecule has 0 aliphatic rings. The molecule has 1 aromatic heterocycles. The maximum atomic E-state index is 5.77. The van der Waals surface area contributed by atoms with Gasteiger partial charge in [-0.3, -0.25) is 0 Å². The minimum Gasteiger partial charge on any atom is -0.491 e. The van der Waals surface area contributed by atoms with Crippen LogP contribution >= 0.6 is 0 Å². The third kappa shape index (κ3) is 2.66. The molecular formula is C14H17NO. The van der Waals surface area contributed by atoms with Crippen molar-refractivity contribution in [2.45, 2.75) is 20.4 Å². The van der Waals surface area contributed by atoms with Crippen LogP contribution in [0.1, 0.15) is 11.1 Å². The van der Waals surface area contributed by atoms with Gasteiger partial charge in [-0.15, -0.1) is 0 Å². The maximum Gasteiger partial charge on any atom is 0.122 e. The second kappa shape index (κ2) is 4.88. The van der Waals surface area contributed by atoms with Crippen molar-refractivity contribution in [1.82, 2.24) is 4.57 Å². The van der Waals surface area contributed by atoms with Crippen LogP contribution < -0.4 is 4.74 Å². The minimum absolute atomic E-state index is 0.707. The van der Waals surface area contributed by atoms with Crippen molar-refractivity contribution in [2.24, 2.45) is 0 Å². The Morgan fingerprint density at radius 3 is 2.62 bits per heavy atom. The Morgan fingerprint density at radius 1 is 1.12 bits per heavy atom. The molecule has 0 bridgehead atoms. The predicted molar refractivity (Wildman–Crippen MR) is 65.8 cm³/mol. The molecule has 0 aliphatic heterocycles. The van der Waals surface area contributed by atoms with Crippen LogP contribution in [0.3, 0.4) is 0 Å². The molecule has 0 N–H and O–H groups in total.